The first-order valence-corrected chi connectivity index (χ1v) is 7.70. The smallest absolute Gasteiger partial charge is 0.405 e. The molecule has 0 bridgehead atoms. The molecular weight excluding hydrogens is 337 g/mol. The molecule has 0 aliphatic carbocycles. The van der Waals surface area contributed by atoms with Gasteiger partial charge in [0.1, 0.15) is 11.6 Å². The summed E-state index contributed by atoms with van der Waals surface area (Å²) in [6.07, 6.45) is -3.90. The average Bonchev–Trinajstić information content (AvgIpc) is 3.06. The number of hydrogen-bond acceptors (Lipinski definition) is 6. The van der Waals surface area contributed by atoms with Gasteiger partial charge in [-0.25, -0.2) is 4.98 Å². The first kappa shape index (κ1) is 17.3. The zero-order valence-electron chi connectivity index (χ0n) is 13.2. The van der Waals surface area contributed by atoms with Crippen LogP contribution in [0.4, 0.5) is 24.9 Å². The molecular formula is C16H17F3N4O2. The highest BCUT2D eigenvalue weighted by molar-refractivity contribution is 5.44. The van der Waals surface area contributed by atoms with Gasteiger partial charge in [0.2, 0.25) is 5.95 Å². The van der Waals surface area contributed by atoms with E-state index in [0.717, 1.165) is 12.1 Å². The lowest BCUT2D eigenvalue weighted by molar-refractivity contribution is -0.274. The van der Waals surface area contributed by atoms with E-state index in [4.69, 9.17) is 10.5 Å². The Hall–Kier alpha value is -2.55. The molecule has 1 atom stereocenters. The van der Waals surface area contributed by atoms with Gasteiger partial charge in [-0.2, -0.15) is 4.98 Å². The number of nitrogens with one attached hydrogen (secondary N) is 1. The Morgan fingerprint density at radius 2 is 2.08 bits per heavy atom. The van der Waals surface area contributed by atoms with E-state index < -0.39 is 6.36 Å². The largest absolute Gasteiger partial charge is 0.573 e. The summed E-state index contributed by atoms with van der Waals surface area (Å²) in [5, 5.41) is 2.97. The van der Waals surface area contributed by atoms with Crippen LogP contribution in [0.2, 0.25) is 0 Å². The fourth-order valence-electron chi connectivity index (χ4n) is 2.61. The van der Waals surface area contributed by atoms with Crippen LogP contribution < -0.4 is 15.8 Å². The van der Waals surface area contributed by atoms with E-state index in [2.05, 4.69) is 20.0 Å². The van der Waals surface area contributed by atoms with Crippen LogP contribution in [0.5, 0.6) is 5.75 Å². The molecule has 1 aliphatic rings. The number of aromatic nitrogens is 2. The van der Waals surface area contributed by atoms with Gasteiger partial charge in [0.25, 0.3) is 0 Å². The third kappa shape index (κ3) is 4.72. The number of rotatable bonds is 5. The van der Waals surface area contributed by atoms with Gasteiger partial charge >= 0.3 is 6.36 Å². The molecule has 1 aliphatic heterocycles. The zero-order valence-corrected chi connectivity index (χ0v) is 13.2. The maximum absolute atomic E-state index is 12.5. The van der Waals surface area contributed by atoms with Gasteiger partial charge in [-0.05, 0) is 12.5 Å². The summed E-state index contributed by atoms with van der Waals surface area (Å²) < 4.78 is 46.8. The number of anilines is 2. The van der Waals surface area contributed by atoms with Crippen LogP contribution in [0.15, 0.2) is 30.3 Å². The predicted molar refractivity (Wildman–Crippen MR) is 85.1 cm³/mol. The second-order valence-electron chi connectivity index (χ2n) is 5.61. The van der Waals surface area contributed by atoms with E-state index in [0.29, 0.717) is 24.6 Å². The number of para-hydroxylation sites is 1. The first-order valence-electron chi connectivity index (χ1n) is 7.70. The lowest BCUT2D eigenvalue weighted by atomic mass is 10.0. The van der Waals surface area contributed by atoms with Crippen molar-refractivity contribution >= 4 is 11.8 Å². The molecule has 1 saturated heterocycles. The summed E-state index contributed by atoms with van der Waals surface area (Å²) >= 11 is 0. The maximum Gasteiger partial charge on any atom is 0.573 e. The molecule has 25 heavy (non-hydrogen) atoms. The van der Waals surface area contributed by atoms with Crippen molar-refractivity contribution in [2.24, 2.45) is 0 Å². The minimum Gasteiger partial charge on any atom is -0.405 e. The highest BCUT2D eigenvalue weighted by Gasteiger charge is 2.32. The molecule has 6 nitrogen and oxygen atoms in total. The fraction of sp³-hybridized carbons (Fsp3) is 0.375. The number of nitrogen functional groups attached to an aromatic ring is 1. The van der Waals surface area contributed by atoms with Crippen LogP contribution in [-0.2, 0) is 11.3 Å². The van der Waals surface area contributed by atoms with Crippen LogP contribution in [0.3, 0.4) is 0 Å². The van der Waals surface area contributed by atoms with Crippen molar-refractivity contribution in [3.63, 3.8) is 0 Å². The molecule has 134 valence electrons. The van der Waals surface area contributed by atoms with Crippen LogP contribution >= 0.6 is 0 Å². The quantitative estimate of drug-likeness (QED) is 0.859. The van der Waals surface area contributed by atoms with Crippen molar-refractivity contribution in [1.82, 2.24) is 9.97 Å². The Balaban J connectivity index is 1.74. The van der Waals surface area contributed by atoms with Gasteiger partial charge in [-0.3, -0.25) is 0 Å². The highest BCUT2D eigenvalue weighted by atomic mass is 19.4. The number of nitrogens with two attached hydrogens (primary N) is 1. The molecule has 1 aromatic carbocycles. The van der Waals surface area contributed by atoms with Gasteiger partial charge in [0.05, 0.1) is 12.3 Å². The van der Waals surface area contributed by atoms with Gasteiger partial charge in [-0.1, -0.05) is 18.2 Å². The number of benzene rings is 1. The number of alkyl halides is 3. The van der Waals surface area contributed by atoms with E-state index in [1.165, 1.54) is 12.1 Å². The average molecular weight is 354 g/mol. The molecule has 0 spiro atoms. The zero-order chi connectivity index (χ0) is 17.9. The monoisotopic (exact) mass is 354 g/mol. The Bertz CT molecular complexity index is 734. The minimum absolute atomic E-state index is 0.101. The van der Waals surface area contributed by atoms with E-state index in [9.17, 15) is 13.2 Å². The lowest BCUT2D eigenvalue weighted by Gasteiger charge is -2.15. The second kappa shape index (κ2) is 7.14. The molecule has 1 fully saturated rings. The molecule has 2 aromatic rings. The second-order valence-corrected chi connectivity index (χ2v) is 5.61. The standard InChI is InChI=1S/C16H17F3N4O2/c17-16(18,19)25-13-4-2-1-3-10(13)8-21-14-7-12(22-15(20)23-14)11-5-6-24-9-11/h1-4,7,11H,5-6,8-9H2,(H3,20,21,22,23). The highest BCUT2D eigenvalue weighted by Crippen LogP contribution is 2.28. The number of halogens is 3. The Morgan fingerprint density at radius 1 is 1.28 bits per heavy atom. The minimum atomic E-state index is -4.74. The van der Waals surface area contributed by atoms with E-state index in [1.54, 1.807) is 18.2 Å². The summed E-state index contributed by atoms with van der Waals surface area (Å²) in [6.45, 7) is 1.33. The predicted octanol–water partition coefficient (Wildman–Crippen LogP) is 3.07. The summed E-state index contributed by atoms with van der Waals surface area (Å²) in [6, 6.07) is 7.66. The topological polar surface area (TPSA) is 82.3 Å². The van der Waals surface area contributed by atoms with Crippen LogP contribution in [-0.4, -0.2) is 29.5 Å². The van der Waals surface area contributed by atoms with Gasteiger partial charge in [0, 0.05) is 30.7 Å². The molecule has 1 unspecified atom stereocenters. The van der Waals surface area contributed by atoms with Gasteiger partial charge < -0.3 is 20.5 Å². The van der Waals surface area contributed by atoms with Crippen molar-refractivity contribution in [3.8, 4) is 5.75 Å². The molecule has 9 heteroatoms. The van der Waals surface area contributed by atoms with Crippen LogP contribution in [0, 0.1) is 0 Å². The Kier molecular flexibility index (Phi) is 4.93. The molecule has 1 aromatic heterocycles. The lowest BCUT2D eigenvalue weighted by Crippen LogP contribution is -2.18. The third-order valence-electron chi connectivity index (χ3n) is 3.77. The Morgan fingerprint density at radius 3 is 2.80 bits per heavy atom. The van der Waals surface area contributed by atoms with Gasteiger partial charge in [0.15, 0.2) is 0 Å². The van der Waals surface area contributed by atoms with Crippen LogP contribution in [0.1, 0.15) is 23.6 Å². The third-order valence-corrected chi connectivity index (χ3v) is 3.77. The maximum atomic E-state index is 12.5. The number of ether oxygens (including phenoxy) is 2. The molecule has 3 rings (SSSR count). The summed E-state index contributed by atoms with van der Waals surface area (Å²) in [4.78, 5) is 8.29. The number of hydrogen-bond donors (Lipinski definition) is 2. The molecule has 0 radical (unpaired) electrons. The molecule has 2 heterocycles. The number of nitrogens with zero attached hydrogens (tertiary/aromatic N) is 2. The summed E-state index contributed by atoms with van der Waals surface area (Å²) in [5.74, 6) is 0.434. The molecule has 0 amide bonds. The summed E-state index contributed by atoms with van der Waals surface area (Å²) in [7, 11) is 0. The SMILES string of the molecule is Nc1nc(NCc2ccccc2OC(F)(F)F)cc(C2CCOC2)n1. The molecule has 3 N–H and O–H groups in total. The normalized spacial score (nSPS) is 17.5. The summed E-state index contributed by atoms with van der Waals surface area (Å²) in [5.41, 5.74) is 6.84. The van der Waals surface area contributed by atoms with Crippen molar-refractivity contribution in [3.05, 3.63) is 41.6 Å². The fourth-order valence-corrected chi connectivity index (χ4v) is 2.61. The van der Waals surface area contributed by atoms with Crippen molar-refractivity contribution < 1.29 is 22.6 Å². The van der Waals surface area contributed by atoms with Crippen LogP contribution in [0.25, 0.3) is 0 Å². The Labute approximate surface area is 142 Å². The van der Waals surface area contributed by atoms with Crippen molar-refractivity contribution in [1.29, 1.82) is 0 Å². The van der Waals surface area contributed by atoms with E-state index >= 15 is 0 Å². The first-order chi connectivity index (χ1) is 11.9. The van der Waals surface area contributed by atoms with E-state index in [1.807, 2.05) is 0 Å². The molecule has 0 saturated carbocycles. The van der Waals surface area contributed by atoms with Crippen molar-refractivity contribution in [2.75, 3.05) is 24.3 Å². The van der Waals surface area contributed by atoms with Crippen molar-refractivity contribution in [2.45, 2.75) is 25.2 Å². The van der Waals surface area contributed by atoms with E-state index in [-0.39, 0.29) is 24.2 Å². The van der Waals surface area contributed by atoms with Gasteiger partial charge in [-0.15, -0.1) is 13.2 Å².